The van der Waals surface area contributed by atoms with Crippen LogP contribution >= 0.6 is 40.0 Å². The third-order valence-electron chi connectivity index (χ3n) is 0.751. The van der Waals surface area contributed by atoms with Crippen LogP contribution in [0.1, 0.15) is 6.92 Å². The van der Waals surface area contributed by atoms with Gasteiger partial charge in [-0.25, -0.2) is 9.59 Å². The summed E-state index contributed by atoms with van der Waals surface area (Å²) in [5.41, 5.74) is 0. The maximum atomic E-state index is 10.5. The SMILES string of the molecule is CCOC(=O)COCC(=O)O.[I][V][I]. The molecule has 0 saturated heterocycles. The van der Waals surface area contributed by atoms with Crippen molar-refractivity contribution >= 4 is 51.9 Å². The Hall–Kier alpha value is 0.944. The molecule has 0 aromatic heterocycles. The summed E-state index contributed by atoms with van der Waals surface area (Å²) in [6.07, 6.45) is 0. The Kier molecular flexibility index (Phi) is 17.3. The predicted octanol–water partition coefficient (Wildman–Crippen LogP) is 1.42. The fourth-order valence-electron chi connectivity index (χ4n) is 0.424. The summed E-state index contributed by atoms with van der Waals surface area (Å²) in [5, 5.41) is 8.08. The number of aliphatic carboxylic acids is 1. The molecule has 0 aromatic carbocycles. The summed E-state index contributed by atoms with van der Waals surface area (Å²) in [7, 11) is 0.628. The van der Waals surface area contributed by atoms with E-state index in [1.807, 2.05) is 0 Å². The summed E-state index contributed by atoms with van der Waals surface area (Å²) in [5.74, 6) is -1.65. The minimum absolute atomic E-state index is 0.273. The van der Waals surface area contributed by atoms with Crippen molar-refractivity contribution in [1.29, 1.82) is 0 Å². The van der Waals surface area contributed by atoms with E-state index in [1.165, 1.54) is 0 Å². The zero-order chi connectivity index (χ0) is 11.4. The second-order valence-corrected chi connectivity index (χ2v) is 13.5. The van der Waals surface area contributed by atoms with Crippen molar-refractivity contribution in [2.24, 2.45) is 0 Å². The molecule has 14 heavy (non-hydrogen) atoms. The number of halogens is 2. The third kappa shape index (κ3) is 18.7. The van der Waals surface area contributed by atoms with Crippen LogP contribution in [0.5, 0.6) is 0 Å². The van der Waals surface area contributed by atoms with Crippen LogP contribution in [0.15, 0.2) is 0 Å². The van der Waals surface area contributed by atoms with Crippen LogP contribution in [0.3, 0.4) is 0 Å². The second-order valence-electron chi connectivity index (χ2n) is 1.76. The Morgan fingerprint density at radius 2 is 1.86 bits per heavy atom. The predicted molar refractivity (Wildman–Crippen MR) is 63.1 cm³/mol. The first-order chi connectivity index (χ1) is 6.58. The molecule has 0 radical (unpaired) electrons. The van der Waals surface area contributed by atoms with E-state index in [1.54, 1.807) is 6.92 Å². The van der Waals surface area contributed by atoms with Crippen LogP contribution in [-0.2, 0) is 28.5 Å². The van der Waals surface area contributed by atoms with Crippen LogP contribution < -0.4 is 0 Å². The molecule has 0 amide bonds. The molecule has 0 unspecified atom stereocenters. The molecular weight excluding hydrogens is 457 g/mol. The van der Waals surface area contributed by atoms with Crippen molar-refractivity contribution in [3.05, 3.63) is 0 Å². The van der Waals surface area contributed by atoms with E-state index < -0.39 is 18.5 Å². The Balaban J connectivity index is 0. The van der Waals surface area contributed by atoms with E-state index in [2.05, 4.69) is 49.4 Å². The number of esters is 1. The first-order valence-electron chi connectivity index (χ1n) is 3.45. The average molecular weight is 467 g/mol. The Morgan fingerprint density at radius 1 is 1.36 bits per heavy atom. The van der Waals surface area contributed by atoms with Gasteiger partial charge in [0.2, 0.25) is 0 Å². The molecule has 0 bridgehead atoms. The number of rotatable bonds is 5. The maximum absolute atomic E-state index is 10.5. The summed E-state index contributed by atoms with van der Waals surface area (Å²) in [6, 6.07) is 0. The van der Waals surface area contributed by atoms with Crippen LogP contribution in [0.25, 0.3) is 0 Å². The summed E-state index contributed by atoms with van der Waals surface area (Å²) < 4.78 is 8.90. The fourth-order valence-corrected chi connectivity index (χ4v) is 0.424. The summed E-state index contributed by atoms with van der Waals surface area (Å²) >= 11 is 4.74. The number of ether oxygens (including phenoxy) is 2. The van der Waals surface area contributed by atoms with Crippen molar-refractivity contribution in [2.75, 3.05) is 19.8 Å². The number of carbonyl (C=O) groups is 2. The van der Waals surface area contributed by atoms with E-state index in [-0.39, 0.29) is 13.2 Å². The van der Waals surface area contributed by atoms with E-state index >= 15 is 0 Å². The van der Waals surface area contributed by atoms with Crippen LogP contribution in [0.2, 0.25) is 0 Å². The first-order valence-corrected chi connectivity index (χ1v) is 12.5. The van der Waals surface area contributed by atoms with Gasteiger partial charge in [0.05, 0.1) is 6.61 Å². The van der Waals surface area contributed by atoms with E-state index in [0.717, 1.165) is 0 Å². The zero-order valence-electron chi connectivity index (χ0n) is 7.40. The molecule has 0 rings (SSSR count). The molecule has 0 heterocycles. The quantitative estimate of drug-likeness (QED) is 0.490. The van der Waals surface area contributed by atoms with Crippen molar-refractivity contribution in [2.45, 2.75) is 6.92 Å². The molecule has 0 saturated carbocycles. The van der Waals surface area contributed by atoms with Gasteiger partial charge in [-0.2, -0.15) is 0 Å². The fraction of sp³-hybridized carbons (Fsp3) is 0.667. The van der Waals surface area contributed by atoms with Gasteiger partial charge in [0.1, 0.15) is 13.2 Å². The third-order valence-corrected chi connectivity index (χ3v) is 0.751. The second kappa shape index (κ2) is 13.9. The molecule has 0 spiro atoms. The number of hydrogen-bond acceptors (Lipinski definition) is 4. The number of hydrogen-bond donors (Lipinski definition) is 1. The number of carboxylic acids is 1. The van der Waals surface area contributed by atoms with Gasteiger partial charge in [-0.15, -0.1) is 0 Å². The Labute approximate surface area is 111 Å². The van der Waals surface area contributed by atoms with Crippen LogP contribution in [-0.4, -0.2) is 36.9 Å². The molecule has 0 aliphatic rings. The minimum atomic E-state index is -1.10. The van der Waals surface area contributed by atoms with Crippen molar-refractivity contribution in [3.63, 3.8) is 0 Å². The Bertz CT molecular complexity index is 166. The first kappa shape index (κ1) is 17.3. The van der Waals surface area contributed by atoms with Gasteiger partial charge in [0, 0.05) is 0 Å². The van der Waals surface area contributed by atoms with Gasteiger partial charge in [-0.05, 0) is 6.92 Å². The van der Waals surface area contributed by atoms with Gasteiger partial charge in [0.15, 0.2) is 0 Å². The molecule has 1 N–H and O–H groups in total. The van der Waals surface area contributed by atoms with Gasteiger partial charge in [-0.3, -0.25) is 0 Å². The van der Waals surface area contributed by atoms with Crippen LogP contribution in [0.4, 0.5) is 0 Å². The standard InChI is InChI=1S/C6H10O5.2HI.V/c1-2-11-6(9)4-10-3-5(7)8;;;/h2-4H2,1H3,(H,7,8);2*1H;/q;;;+2/p-2. The van der Waals surface area contributed by atoms with Crippen molar-refractivity contribution in [3.8, 4) is 0 Å². The van der Waals surface area contributed by atoms with Gasteiger partial charge < -0.3 is 14.6 Å². The zero-order valence-corrected chi connectivity index (χ0v) is 13.1. The molecule has 0 atom stereocenters. The number of carboxylic acid groups (broad SMARTS) is 1. The van der Waals surface area contributed by atoms with E-state index in [4.69, 9.17) is 5.11 Å². The summed E-state index contributed by atoms with van der Waals surface area (Å²) in [4.78, 5) is 20.3. The molecule has 5 nitrogen and oxygen atoms in total. The molecule has 0 aliphatic carbocycles. The van der Waals surface area contributed by atoms with Gasteiger partial charge in [0.25, 0.3) is 0 Å². The van der Waals surface area contributed by atoms with Gasteiger partial charge >= 0.3 is 61.4 Å². The van der Waals surface area contributed by atoms with Crippen molar-refractivity contribution in [1.82, 2.24) is 0 Å². The average Bonchev–Trinajstić information content (AvgIpc) is 2.05. The molecule has 8 heteroatoms. The normalized spacial score (nSPS) is 8.21. The van der Waals surface area contributed by atoms with E-state index in [0.29, 0.717) is 9.47 Å². The number of carbonyl (C=O) groups excluding carboxylic acids is 1. The van der Waals surface area contributed by atoms with E-state index in [9.17, 15) is 9.59 Å². The van der Waals surface area contributed by atoms with Crippen molar-refractivity contribution < 1.29 is 33.6 Å². The molecule has 0 fully saturated rings. The molecular formula is C6H10I2O5V. The van der Waals surface area contributed by atoms with Gasteiger partial charge in [-0.1, -0.05) is 0 Å². The topological polar surface area (TPSA) is 72.8 Å². The Morgan fingerprint density at radius 3 is 2.21 bits per heavy atom. The molecule has 0 aromatic rings. The molecule has 0 aliphatic heterocycles. The monoisotopic (exact) mass is 467 g/mol. The molecule has 83 valence electrons. The van der Waals surface area contributed by atoms with Crippen LogP contribution in [0, 0.1) is 0 Å². The summed E-state index contributed by atoms with van der Waals surface area (Å²) in [6.45, 7) is 1.16.